The molecule has 146 valence electrons. The highest BCUT2D eigenvalue weighted by atomic mass is 16.5. The summed E-state index contributed by atoms with van der Waals surface area (Å²) in [6, 6.07) is 16.9. The van der Waals surface area contributed by atoms with Gasteiger partial charge in [0.1, 0.15) is 12.1 Å². The molecule has 2 aromatic carbocycles. The minimum absolute atomic E-state index is 0.307. The van der Waals surface area contributed by atoms with E-state index in [1.165, 1.54) is 6.33 Å². The molecule has 1 N–H and O–H groups in total. The van der Waals surface area contributed by atoms with Crippen molar-refractivity contribution >= 4 is 28.5 Å². The van der Waals surface area contributed by atoms with E-state index in [1.807, 2.05) is 42.5 Å². The van der Waals surface area contributed by atoms with E-state index in [9.17, 15) is 4.79 Å². The predicted molar refractivity (Wildman–Crippen MR) is 112 cm³/mol. The van der Waals surface area contributed by atoms with Gasteiger partial charge in [-0.15, -0.1) is 0 Å². The summed E-state index contributed by atoms with van der Waals surface area (Å²) in [6.45, 7) is 2.50. The number of ether oxygens (including phenoxy) is 1. The SMILES string of the molecule is CCCCOC(=O)c1ccc(Nc2ncnc3c2cnn3-c2ccccc2)cc1. The van der Waals surface area contributed by atoms with E-state index in [0.29, 0.717) is 23.6 Å². The quantitative estimate of drug-likeness (QED) is 0.371. The second kappa shape index (κ2) is 8.52. The maximum atomic E-state index is 12.0. The Morgan fingerprint density at radius 2 is 1.86 bits per heavy atom. The summed E-state index contributed by atoms with van der Waals surface area (Å²) in [6.07, 6.45) is 5.10. The lowest BCUT2D eigenvalue weighted by atomic mass is 10.2. The molecule has 0 atom stereocenters. The number of unbranched alkanes of at least 4 members (excludes halogenated alkanes) is 1. The zero-order valence-electron chi connectivity index (χ0n) is 16.1. The molecule has 7 heteroatoms. The van der Waals surface area contributed by atoms with Crippen molar-refractivity contribution in [2.24, 2.45) is 0 Å². The first-order chi connectivity index (χ1) is 14.3. The minimum Gasteiger partial charge on any atom is -0.462 e. The Morgan fingerprint density at radius 3 is 2.62 bits per heavy atom. The molecular formula is C22H21N5O2. The Balaban J connectivity index is 1.54. The number of nitrogens with zero attached hydrogens (tertiary/aromatic N) is 4. The molecular weight excluding hydrogens is 366 g/mol. The largest absolute Gasteiger partial charge is 0.462 e. The highest BCUT2D eigenvalue weighted by Crippen LogP contribution is 2.24. The van der Waals surface area contributed by atoms with E-state index >= 15 is 0 Å². The molecule has 0 aliphatic heterocycles. The predicted octanol–water partition coefficient (Wildman–Crippen LogP) is 4.52. The van der Waals surface area contributed by atoms with Gasteiger partial charge in [-0.3, -0.25) is 0 Å². The van der Waals surface area contributed by atoms with Gasteiger partial charge in [-0.05, 0) is 42.8 Å². The number of carbonyl (C=O) groups is 1. The van der Waals surface area contributed by atoms with Crippen LogP contribution < -0.4 is 5.32 Å². The van der Waals surface area contributed by atoms with Gasteiger partial charge in [0.15, 0.2) is 5.65 Å². The number of esters is 1. The number of rotatable bonds is 7. The van der Waals surface area contributed by atoms with Crippen molar-refractivity contribution in [3.63, 3.8) is 0 Å². The molecule has 4 aromatic rings. The number of benzene rings is 2. The summed E-state index contributed by atoms with van der Waals surface area (Å²) in [7, 11) is 0. The highest BCUT2D eigenvalue weighted by Gasteiger charge is 2.12. The lowest BCUT2D eigenvalue weighted by molar-refractivity contribution is 0.0500. The van der Waals surface area contributed by atoms with E-state index in [2.05, 4.69) is 27.3 Å². The molecule has 0 amide bonds. The molecule has 4 rings (SSSR count). The second-order valence-electron chi connectivity index (χ2n) is 6.54. The van der Waals surface area contributed by atoms with Crippen molar-refractivity contribution in [1.29, 1.82) is 0 Å². The number of carbonyl (C=O) groups excluding carboxylic acids is 1. The standard InChI is InChI=1S/C22H21N5O2/c1-2-3-13-29-22(28)16-9-11-17(12-10-16)26-20-19-14-25-27(21(19)24-15-23-20)18-7-5-4-6-8-18/h4-12,14-15H,2-3,13H2,1H3,(H,23,24,26). The van der Waals surface area contributed by atoms with Gasteiger partial charge in [-0.2, -0.15) is 5.10 Å². The van der Waals surface area contributed by atoms with Crippen LogP contribution in [0.2, 0.25) is 0 Å². The average Bonchev–Trinajstić information content (AvgIpc) is 3.20. The fourth-order valence-corrected chi connectivity index (χ4v) is 2.92. The molecule has 29 heavy (non-hydrogen) atoms. The lowest BCUT2D eigenvalue weighted by Gasteiger charge is -2.08. The van der Waals surface area contributed by atoms with Gasteiger partial charge in [0.05, 0.1) is 29.4 Å². The van der Waals surface area contributed by atoms with Gasteiger partial charge in [0.2, 0.25) is 0 Å². The summed E-state index contributed by atoms with van der Waals surface area (Å²) in [5, 5.41) is 8.53. The van der Waals surface area contributed by atoms with Crippen LogP contribution in [0, 0.1) is 0 Å². The molecule has 0 saturated carbocycles. The molecule has 0 aliphatic rings. The van der Waals surface area contributed by atoms with Crippen molar-refractivity contribution in [2.45, 2.75) is 19.8 Å². The van der Waals surface area contributed by atoms with Gasteiger partial charge in [-0.1, -0.05) is 31.5 Å². The summed E-state index contributed by atoms with van der Waals surface area (Å²) >= 11 is 0. The van der Waals surface area contributed by atoms with Crippen molar-refractivity contribution in [1.82, 2.24) is 19.7 Å². The number of aromatic nitrogens is 4. The van der Waals surface area contributed by atoms with E-state index in [0.717, 1.165) is 29.6 Å². The first-order valence-electron chi connectivity index (χ1n) is 9.54. The van der Waals surface area contributed by atoms with Crippen LogP contribution in [0.4, 0.5) is 11.5 Å². The molecule has 0 saturated heterocycles. The fraction of sp³-hybridized carbons (Fsp3) is 0.182. The van der Waals surface area contributed by atoms with Crippen LogP contribution >= 0.6 is 0 Å². The van der Waals surface area contributed by atoms with E-state index in [-0.39, 0.29) is 5.97 Å². The topological polar surface area (TPSA) is 81.9 Å². The third kappa shape index (κ3) is 4.08. The van der Waals surface area contributed by atoms with Crippen molar-refractivity contribution in [2.75, 3.05) is 11.9 Å². The average molecular weight is 387 g/mol. The van der Waals surface area contributed by atoms with Crippen LogP contribution in [0.15, 0.2) is 67.1 Å². The number of nitrogens with one attached hydrogen (secondary N) is 1. The number of anilines is 2. The van der Waals surface area contributed by atoms with Gasteiger partial charge >= 0.3 is 5.97 Å². The molecule has 0 aliphatic carbocycles. The van der Waals surface area contributed by atoms with Crippen molar-refractivity contribution < 1.29 is 9.53 Å². The number of fused-ring (bicyclic) bond motifs is 1. The van der Waals surface area contributed by atoms with Crippen LogP contribution in [0.1, 0.15) is 30.1 Å². The first-order valence-corrected chi connectivity index (χ1v) is 9.54. The molecule has 0 fully saturated rings. The molecule has 7 nitrogen and oxygen atoms in total. The number of para-hydroxylation sites is 1. The zero-order chi connectivity index (χ0) is 20.1. The first kappa shape index (κ1) is 18.6. The lowest BCUT2D eigenvalue weighted by Crippen LogP contribution is -2.06. The minimum atomic E-state index is -0.307. The van der Waals surface area contributed by atoms with Gasteiger partial charge in [-0.25, -0.2) is 19.4 Å². The third-order valence-corrected chi connectivity index (χ3v) is 4.48. The monoisotopic (exact) mass is 387 g/mol. The van der Waals surface area contributed by atoms with Gasteiger partial charge in [0.25, 0.3) is 0 Å². The van der Waals surface area contributed by atoms with Crippen LogP contribution in [0.5, 0.6) is 0 Å². The Hall–Kier alpha value is -3.74. The Bertz CT molecular complexity index is 1110. The molecule has 2 heterocycles. The number of hydrogen-bond acceptors (Lipinski definition) is 6. The normalized spacial score (nSPS) is 10.8. The summed E-state index contributed by atoms with van der Waals surface area (Å²) in [5.41, 5.74) is 2.97. The highest BCUT2D eigenvalue weighted by molar-refractivity contribution is 5.91. The summed E-state index contributed by atoms with van der Waals surface area (Å²) in [4.78, 5) is 20.8. The van der Waals surface area contributed by atoms with E-state index in [1.54, 1.807) is 23.0 Å². The van der Waals surface area contributed by atoms with Crippen molar-refractivity contribution in [3.05, 3.63) is 72.7 Å². The van der Waals surface area contributed by atoms with Crippen LogP contribution in [0.3, 0.4) is 0 Å². The Kier molecular flexibility index (Phi) is 5.47. The van der Waals surface area contributed by atoms with Crippen LogP contribution in [0.25, 0.3) is 16.7 Å². The molecule has 0 unspecified atom stereocenters. The maximum absolute atomic E-state index is 12.0. The third-order valence-electron chi connectivity index (χ3n) is 4.48. The molecule has 0 bridgehead atoms. The van der Waals surface area contributed by atoms with Gasteiger partial charge in [0, 0.05) is 5.69 Å². The van der Waals surface area contributed by atoms with Crippen molar-refractivity contribution in [3.8, 4) is 5.69 Å². The molecule has 2 aromatic heterocycles. The maximum Gasteiger partial charge on any atom is 0.338 e. The van der Waals surface area contributed by atoms with Crippen LogP contribution in [-0.4, -0.2) is 32.3 Å². The Labute approximate surface area is 168 Å². The molecule has 0 radical (unpaired) electrons. The van der Waals surface area contributed by atoms with Gasteiger partial charge < -0.3 is 10.1 Å². The second-order valence-corrected chi connectivity index (χ2v) is 6.54. The summed E-state index contributed by atoms with van der Waals surface area (Å²) < 4.78 is 7.01. The fourth-order valence-electron chi connectivity index (χ4n) is 2.92. The van der Waals surface area contributed by atoms with Crippen LogP contribution in [-0.2, 0) is 4.74 Å². The smallest absolute Gasteiger partial charge is 0.338 e. The number of hydrogen-bond donors (Lipinski definition) is 1. The Morgan fingerprint density at radius 1 is 1.07 bits per heavy atom. The van der Waals surface area contributed by atoms with E-state index < -0.39 is 0 Å². The van der Waals surface area contributed by atoms with E-state index in [4.69, 9.17) is 4.74 Å². The molecule has 0 spiro atoms. The zero-order valence-corrected chi connectivity index (χ0v) is 16.1. The summed E-state index contributed by atoms with van der Waals surface area (Å²) in [5.74, 6) is 0.342.